The maximum atomic E-state index is 12.4. The van der Waals surface area contributed by atoms with Crippen LogP contribution in [0.3, 0.4) is 0 Å². The number of benzene rings is 1. The van der Waals surface area contributed by atoms with Crippen molar-refractivity contribution in [1.29, 1.82) is 0 Å². The monoisotopic (exact) mass is 452 g/mol. The molecular formula is C22H24N6O5. The second-order valence-electron chi connectivity index (χ2n) is 7.26. The Morgan fingerprint density at radius 2 is 1.70 bits per heavy atom. The summed E-state index contributed by atoms with van der Waals surface area (Å²) >= 11 is 0. The minimum absolute atomic E-state index is 0.289. The molecule has 0 spiro atoms. The van der Waals surface area contributed by atoms with E-state index in [0.29, 0.717) is 17.1 Å². The van der Waals surface area contributed by atoms with Gasteiger partial charge >= 0.3 is 5.97 Å². The Morgan fingerprint density at radius 3 is 2.33 bits per heavy atom. The fraction of sp³-hybridized carbons (Fsp3) is 0.273. The molecule has 0 aliphatic heterocycles. The quantitative estimate of drug-likeness (QED) is 0.426. The van der Waals surface area contributed by atoms with Gasteiger partial charge in [-0.2, -0.15) is 9.78 Å². The van der Waals surface area contributed by atoms with Gasteiger partial charge in [-0.05, 0) is 39.0 Å². The summed E-state index contributed by atoms with van der Waals surface area (Å²) in [6, 6.07) is 10.3. The van der Waals surface area contributed by atoms with Crippen LogP contribution in [0.5, 0.6) is 0 Å². The highest BCUT2D eigenvalue weighted by Crippen LogP contribution is 2.15. The van der Waals surface area contributed by atoms with Gasteiger partial charge in [-0.1, -0.05) is 18.2 Å². The third-order valence-corrected chi connectivity index (χ3v) is 4.41. The minimum atomic E-state index is -1.32. The summed E-state index contributed by atoms with van der Waals surface area (Å²) < 4.78 is 6.35. The smallest absolute Gasteiger partial charge is 0.331 e. The molecule has 3 N–H and O–H groups in total. The number of rotatable bonds is 8. The summed E-state index contributed by atoms with van der Waals surface area (Å²) in [7, 11) is 0. The minimum Gasteiger partial charge on any atom is -0.454 e. The molecule has 33 heavy (non-hydrogen) atoms. The molecule has 2 amide bonds. The van der Waals surface area contributed by atoms with Gasteiger partial charge in [-0.15, -0.1) is 0 Å². The molecule has 1 unspecified atom stereocenters. The number of aryl methyl sites for hydroxylation is 3. The molecule has 0 saturated heterocycles. The lowest BCUT2D eigenvalue weighted by atomic mass is 10.2. The standard InChI is InChI=1S/C22H24N6O5/c1-13-9-14(2)24-22(23-13)28-18(10-15(3)27-28)26-19(30)12-33-21(32)17(11-29)25-20(31)16-7-5-4-6-8-16/h4-10,17,29H,11-12H2,1-3H3,(H,25,31)(H,26,30). The van der Waals surface area contributed by atoms with E-state index >= 15 is 0 Å². The van der Waals surface area contributed by atoms with Crippen molar-refractivity contribution in [3.63, 3.8) is 0 Å². The lowest BCUT2D eigenvalue weighted by Gasteiger charge is -2.15. The number of carbonyl (C=O) groups excluding carboxylic acids is 3. The van der Waals surface area contributed by atoms with Crippen molar-refractivity contribution >= 4 is 23.6 Å². The zero-order valence-electron chi connectivity index (χ0n) is 18.4. The number of aliphatic hydroxyl groups is 1. The van der Waals surface area contributed by atoms with Crippen LogP contribution in [0.2, 0.25) is 0 Å². The first-order valence-corrected chi connectivity index (χ1v) is 10.1. The number of anilines is 1. The van der Waals surface area contributed by atoms with E-state index in [-0.39, 0.29) is 5.95 Å². The number of amides is 2. The van der Waals surface area contributed by atoms with E-state index in [2.05, 4.69) is 25.7 Å². The molecule has 172 valence electrons. The topological polar surface area (TPSA) is 148 Å². The number of aliphatic hydroxyl groups excluding tert-OH is 1. The normalized spacial score (nSPS) is 11.5. The summed E-state index contributed by atoms with van der Waals surface area (Å²) in [5, 5.41) is 18.7. The van der Waals surface area contributed by atoms with E-state index in [4.69, 9.17) is 4.74 Å². The first-order chi connectivity index (χ1) is 15.8. The van der Waals surface area contributed by atoms with E-state index < -0.39 is 37.0 Å². The number of hydrogen-bond donors (Lipinski definition) is 3. The van der Waals surface area contributed by atoms with Gasteiger partial charge in [0.25, 0.3) is 17.8 Å². The molecule has 11 heteroatoms. The molecule has 11 nitrogen and oxygen atoms in total. The number of nitrogens with zero attached hydrogens (tertiary/aromatic N) is 4. The molecular weight excluding hydrogens is 428 g/mol. The summed E-state index contributed by atoms with van der Waals surface area (Å²) in [6.45, 7) is 4.07. The van der Waals surface area contributed by atoms with Gasteiger partial charge in [-0.25, -0.2) is 14.8 Å². The number of nitrogens with one attached hydrogen (secondary N) is 2. The lowest BCUT2D eigenvalue weighted by molar-refractivity contribution is -0.150. The van der Waals surface area contributed by atoms with Crippen molar-refractivity contribution in [2.24, 2.45) is 0 Å². The Labute approximate surface area is 189 Å². The molecule has 0 aliphatic rings. The van der Waals surface area contributed by atoms with Crippen molar-refractivity contribution in [2.45, 2.75) is 26.8 Å². The van der Waals surface area contributed by atoms with Crippen molar-refractivity contribution in [3.05, 3.63) is 65.1 Å². The van der Waals surface area contributed by atoms with Crippen molar-refractivity contribution < 1.29 is 24.2 Å². The first-order valence-electron chi connectivity index (χ1n) is 10.1. The summed E-state index contributed by atoms with van der Waals surface area (Å²) in [5.74, 6) is -1.55. The molecule has 2 aromatic heterocycles. The third-order valence-electron chi connectivity index (χ3n) is 4.41. The average molecular weight is 452 g/mol. The van der Waals surface area contributed by atoms with E-state index in [9.17, 15) is 19.5 Å². The van der Waals surface area contributed by atoms with E-state index in [1.807, 2.05) is 19.9 Å². The van der Waals surface area contributed by atoms with Gasteiger partial charge in [0.1, 0.15) is 5.82 Å². The predicted octanol–water partition coefficient (Wildman–Crippen LogP) is 0.860. The highest BCUT2D eigenvalue weighted by atomic mass is 16.5. The maximum absolute atomic E-state index is 12.4. The van der Waals surface area contributed by atoms with Crippen LogP contribution in [0.4, 0.5) is 5.82 Å². The zero-order chi connectivity index (χ0) is 24.0. The van der Waals surface area contributed by atoms with Gasteiger partial charge in [0, 0.05) is 23.0 Å². The van der Waals surface area contributed by atoms with Crippen LogP contribution in [0.15, 0.2) is 42.5 Å². The first kappa shape index (κ1) is 23.5. The van der Waals surface area contributed by atoms with Gasteiger partial charge in [0.05, 0.1) is 12.3 Å². The Morgan fingerprint density at radius 1 is 1.03 bits per heavy atom. The van der Waals surface area contributed by atoms with Crippen LogP contribution < -0.4 is 10.6 Å². The molecule has 0 radical (unpaired) electrons. The van der Waals surface area contributed by atoms with Crippen molar-refractivity contribution in [3.8, 4) is 5.95 Å². The average Bonchev–Trinajstić information content (AvgIpc) is 3.15. The lowest BCUT2D eigenvalue weighted by Crippen LogP contribution is -2.45. The summed E-state index contributed by atoms with van der Waals surface area (Å²) in [5.41, 5.74) is 2.42. The Bertz CT molecular complexity index is 1140. The van der Waals surface area contributed by atoms with Crippen LogP contribution >= 0.6 is 0 Å². The molecule has 0 aliphatic carbocycles. The van der Waals surface area contributed by atoms with Crippen molar-refractivity contribution in [1.82, 2.24) is 25.1 Å². The molecule has 1 atom stereocenters. The second kappa shape index (κ2) is 10.5. The van der Waals surface area contributed by atoms with Crippen LogP contribution in [-0.4, -0.2) is 61.9 Å². The van der Waals surface area contributed by atoms with Crippen LogP contribution in [0.25, 0.3) is 5.95 Å². The number of carbonyl (C=O) groups is 3. The van der Waals surface area contributed by atoms with Crippen LogP contribution in [0, 0.1) is 20.8 Å². The van der Waals surface area contributed by atoms with Gasteiger partial charge in [-0.3, -0.25) is 9.59 Å². The molecule has 0 saturated carbocycles. The van der Waals surface area contributed by atoms with Crippen LogP contribution in [-0.2, 0) is 14.3 Å². The van der Waals surface area contributed by atoms with Crippen LogP contribution in [0.1, 0.15) is 27.4 Å². The van der Waals surface area contributed by atoms with Crippen molar-refractivity contribution in [2.75, 3.05) is 18.5 Å². The largest absolute Gasteiger partial charge is 0.454 e. The Balaban J connectivity index is 1.61. The highest BCUT2D eigenvalue weighted by molar-refractivity contribution is 5.97. The van der Waals surface area contributed by atoms with Gasteiger partial charge in [0.2, 0.25) is 0 Å². The second-order valence-corrected chi connectivity index (χ2v) is 7.26. The fourth-order valence-corrected chi connectivity index (χ4v) is 2.97. The molecule has 1 aromatic carbocycles. The number of esters is 1. The molecule has 3 rings (SSSR count). The number of ether oxygens (including phenoxy) is 1. The molecule has 3 aromatic rings. The third kappa shape index (κ3) is 6.20. The number of aromatic nitrogens is 4. The van der Waals surface area contributed by atoms with E-state index in [0.717, 1.165) is 11.4 Å². The highest BCUT2D eigenvalue weighted by Gasteiger charge is 2.23. The summed E-state index contributed by atoms with van der Waals surface area (Å²) in [6.07, 6.45) is 0. The molecule has 0 fully saturated rings. The number of hydrogen-bond acceptors (Lipinski definition) is 8. The molecule has 0 bridgehead atoms. The summed E-state index contributed by atoms with van der Waals surface area (Å²) in [4.78, 5) is 45.5. The van der Waals surface area contributed by atoms with Gasteiger partial charge in [0.15, 0.2) is 12.6 Å². The predicted molar refractivity (Wildman–Crippen MR) is 118 cm³/mol. The Hall–Kier alpha value is -4.12. The Kier molecular flexibility index (Phi) is 7.46. The zero-order valence-corrected chi connectivity index (χ0v) is 18.4. The fourth-order valence-electron chi connectivity index (χ4n) is 2.97. The SMILES string of the molecule is Cc1cc(C)nc(-n2nc(C)cc2NC(=O)COC(=O)C(CO)NC(=O)c2ccccc2)n1. The van der Waals surface area contributed by atoms with E-state index in [1.165, 1.54) is 4.68 Å². The van der Waals surface area contributed by atoms with E-state index in [1.54, 1.807) is 43.3 Å². The maximum Gasteiger partial charge on any atom is 0.331 e. The van der Waals surface area contributed by atoms with Gasteiger partial charge < -0.3 is 20.5 Å². The molecule has 2 heterocycles.